The molecule has 140 valence electrons. The highest BCUT2D eigenvalue weighted by atomic mass is 32.2. The molecule has 6 nitrogen and oxygen atoms in total. The predicted molar refractivity (Wildman–Crippen MR) is 100 cm³/mol. The van der Waals surface area contributed by atoms with Crippen LogP contribution in [0.25, 0.3) is 0 Å². The van der Waals surface area contributed by atoms with Crippen LogP contribution in [0.3, 0.4) is 0 Å². The maximum atomic E-state index is 13.5. The first-order chi connectivity index (χ1) is 13.0. The van der Waals surface area contributed by atoms with Crippen LogP contribution < -0.4 is 10.1 Å². The van der Waals surface area contributed by atoms with Gasteiger partial charge >= 0.3 is 0 Å². The van der Waals surface area contributed by atoms with Crippen LogP contribution >= 0.6 is 11.8 Å². The lowest BCUT2D eigenvalue weighted by Crippen LogP contribution is -2.14. The Bertz CT molecular complexity index is 945. The summed E-state index contributed by atoms with van der Waals surface area (Å²) in [6, 6.07) is 11.9. The molecule has 3 rings (SSSR count). The van der Waals surface area contributed by atoms with Gasteiger partial charge in [-0.25, -0.2) is 4.39 Å². The monoisotopic (exact) mass is 387 g/mol. The Morgan fingerprint density at radius 2 is 2.04 bits per heavy atom. The van der Waals surface area contributed by atoms with Gasteiger partial charge in [0, 0.05) is 5.69 Å². The standard InChI is InChI=1S/C19H18FN3O3S/c1-12-7-8-13(2)15(9-12)21-17(24)11-27-19-23-22-18(26-19)10-25-16-6-4-3-5-14(16)20/h3-9H,10-11H2,1-2H3,(H,21,24). The lowest BCUT2D eigenvalue weighted by molar-refractivity contribution is -0.113. The minimum atomic E-state index is -0.463. The molecular formula is C19H18FN3O3S. The second-order valence-electron chi connectivity index (χ2n) is 5.84. The SMILES string of the molecule is Cc1ccc(C)c(NC(=O)CSc2nnc(COc3ccccc3F)o2)c1. The van der Waals surface area contributed by atoms with Crippen LogP contribution in [0.5, 0.6) is 5.75 Å². The molecule has 0 radical (unpaired) electrons. The van der Waals surface area contributed by atoms with Crippen molar-refractivity contribution < 1.29 is 18.3 Å². The zero-order valence-corrected chi connectivity index (χ0v) is 15.7. The van der Waals surface area contributed by atoms with Crippen molar-refractivity contribution >= 4 is 23.4 Å². The van der Waals surface area contributed by atoms with Crippen LogP contribution in [-0.2, 0) is 11.4 Å². The van der Waals surface area contributed by atoms with E-state index in [0.717, 1.165) is 28.6 Å². The van der Waals surface area contributed by atoms with Crippen molar-refractivity contribution in [3.63, 3.8) is 0 Å². The summed E-state index contributed by atoms with van der Waals surface area (Å²) in [6.07, 6.45) is 0. The van der Waals surface area contributed by atoms with E-state index >= 15 is 0 Å². The van der Waals surface area contributed by atoms with E-state index in [1.807, 2.05) is 32.0 Å². The van der Waals surface area contributed by atoms with Crippen molar-refractivity contribution in [2.24, 2.45) is 0 Å². The number of carbonyl (C=O) groups excluding carboxylic acids is 1. The third-order valence-corrected chi connectivity index (χ3v) is 4.45. The number of rotatable bonds is 7. The Kier molecular flexibility index (Phi) is 6.08. The number of benzene rings is 2. The first-order valence-corrected chi connectivity index (χ1v) is 9.19. The number of para-hydroxylation sites is 1. The van der Waals surface area contributed by atoms with Crippen molar-refractivity contribution in [1.29, 1.82) is 0 Å². The molecule has 0 atom stereocenters. The number of anilines is 1. The number of halogens is 1. The number of carbonyl (C=O) groups is 1. The summed E-state index contributed by atoms with van der Waals surface area (Å²) in [5.41, 5.74) is 2.84. The second-order valence-corrected chi connectivity index (χ2v) is 6.76. The molecule has 0 unspecified atom stereocenters. The maximum absolute atomic E-state index is 13.5. The van der Waals surface area contributed by atoms with Gasteiger partial charge in [0.15, 0.2) is 18.2 Å². The Balaban J connectivity index is 1.50. The van der Waals surface area contributed by atoms with Crippen molar-refractivity contribution in [3.05, 3.63) is 65.3 Å². The molecule has 0 spiro atoms. The summed E-state index contributed by atoms with van der Waals surface area (Å²) in [6.45, 7) is 3.85. The van der Waals surface area contributed by atoms with Gasteiger partial charge in [-0.2, -0.15) is 0 Å². The maximum Gasteiger partial charge on any atom is 0.277 e. The molecule has 8 heteroatoms. The molecule has 0 saturated carbocycles. The highest BCUT2D eigenvalue weighted by Gasteiger charge is 2.12. The topological polar surface area (TPSA) is 77.2 Å². The summed E-state index contributed by atoms with van der Waals surface area (Å²) in [5, 5.41) is 10.8. The molecule has 3 aromatic rings. The van der Waals surface area contributed by atoms with Gasteiger partial charge in [0.25, 0.3) is 11.1 Å². The zero-order chi connectivity index (χ0) is 19.2. The van der Waals surface area contributed by atoms with Crippen molar-refractivity contribution in [1.82, 2.24) is 10.2 Å². The highest BCUT2D eigenvalue weighted by molar-refractivity contribution is 7.99. The quantitative estimate of drug-likeness (QED) is 0.614. The van der Waals surface area contributed by atoms with E-state index in [0.29, 0.717) is 0 Å². The van der Waals surface area contributed by atoms with Crippen LogP contribution in [0.1, 0.15) is 17.0 Å². The number of thioether (sulfide) groups is 1. The van der Waals surface area contributed by atoms with E-state index in [1.165, 1.54) is 12.1 Å². The average molecular weight is 387 g/mol. The van der Waals surface area contributed by atoms with Crippen molar-refractivity contribution in [2.75, 3.05) is 11.1 Å². The van der Waals surface area contributed by atoms with Crippen LogP contribution in [0.15, 0.2) is 52.1 Å². The number of aromatic nitrogens is 2. The van der Waals surface area contributed by atoms with Gasteiger partial charge in [0.05, 0.1) is 5.75 Å². The molecule has 0 saturated heterocycles. The van der Waals surface area contributed by atoms with Gasteiger partial charge in [-0.1, -0.05) is 36.0 Å². The number of ether oxygens (including phenoxy) is 1. The number of hydrogen-bond acceptors (Lipinski definition) is 6. The molecule has 27 heavy (non-hydrogen) atoms. The van der Waals surface area contributed by atoms with Gasteiger partial charge in [-0.05, 0) is 43.2 Å². The molecule has 0 fully saturated rings. The first-order valence-electron chi connectivity index (χ1n) is 8.21. The molecule has 1 N–H and O–H groups in total. The second kappa shape index (κ2) is 8.68. The molecule has 0 aliphatic carbocycles. The summed E-state index contributed by atoms with van der Waals surface area (Å²) in [4.78, 5) is 12.1. The summed E-state index contributed by atoms with van der Waals surface area (Å²) in [5.74, 6) is -0.192. The molecule has 0 aliphatic rings. The van der Waals surface area contributed by atoms with Gasteiger partial charge < -0.3 is 14.5 Å². The largest absolute Gasteiger partial charge is 0.481 e. The van der Waals surface area contributed by atoms with E-state index in [4.69, 9.17) is 9.15 Å². The Morgan fingerprint density at radius 3 is 2.85 bits per heavy atom. The lowest BCUT2D eigenvalue weighted by atomic mass is 10.1. The molecule has 1 aromatic heterocycles. The normalized spacial score (nSPS) is 10.6. The predicted octanol–water partition coefficient (Wildman–Crippen LogP) is 4.14. The Morgan fingerprint density at radius 1 is 1.22 bits per heavy atom. The minimum absolute atomic E-state index is 0.0524. The molecule has 0 bridgehead atoms. The smallest absolute Gasteiger partial charge is 0.277 e. The number of hydrogen-bond donors (Lipinski definition) is 1. The summed E-state index contributed by atoms with van der Waals surface area (Å²) >= 11 is 1.12. The summed E-state index contributed by atoms with van der Waals surface area (Å²) < 4.78 is 24.2. The third-order valence-electron chi connectivity index (χ3n) is 3.63. The van der Waals surface area contributed by atoms with Gasteiger partial charge in [-0.3, -0.25) is 4.79 Å². The Labute approximate surface area is 160 Å². The molecular weight excluding hydrogens is 369 g/mol. The zero-order valence-electron chi connectivity index (χ0n) is 14.9. The van der Waals surface area contributed by atoms with E-state index in [-0.39, 0.29) is 35.1 Å². The lowest BCUT2D eigenvalue weighted by Gasteiger charge is -2.08. The number of amides is 1. The van der Waals surface area contributed by atoms with Gasteiger partial charge in [0.1, 0.15) is 0 Å². The van der Waals surface area contributed by atoms with E-state index in [1.54, 1.807) is 12.1 Å². The number of aryl methyl sites for hydroxylation is 2. The van der Waals surface area contributed by atoms with Crippen molar-refractivity contribution in [2.45, 2.75) is 25.7 Å². The van der Waals surface area contributed by atoms with E-state index in [2.05, 4.69) is 15.5 Å². The minimum Gasteiger partial charge on any atom is -0.481 e. The molecule has 1 amide bonds. The van der Waals surface area contributed by atoms with Crippen LogP contribution in [-0.4, -0.2) is 21.9 Å². The van der Waals surface area contributed by atoms with Crippen LogP contribution in [0.4, 0.5) is 10.1 Å². The third kappa shape index (κ3) is 5.30. The van der Waals surface area contributed by atoms with Gasteiger partial charge in [-0.15, -0.1) is 10.2 Å². The molecule has 2 aromatic carbocycles. The molecule has 1 heterocycles. The first kappa shape index (κ1) is 18.9. The fraction of sp³-hybridized carbons (Fsp3) is 0.211. The highest BCUT2D eigenvalue weighted by Crippen LogP contribution is 2.21. The average Bonchev–Trinajstić information content (AvgIpc) is 3.10. The molecule has 0 aliphatic heterocycles. The fourth-order valence-corrected chi connectivity index (χ4v) is 2.82. The van der Waals surface area contributed by atoms with Crippen molar-refractivity contribution in [3.8, 4) is 5.75 Å². The Hall–Kier alpha value is -2.87. The number of nitrogens with zero attached hydrogens (tertiary/aromatic N) is 2. The van der Waals surface area contributed by atoms with Crippen LogP contribution in [0, 0.1) is 19.7 Å². The van der Waals surface area contributed by atoms with Crippen LogP contribution in [0.2, 0.25) is 0 Å². The summed E-state index contributed by atoms with van der Waals surface area (Å²) in [7, 11) is 0. The van der Waals surface area contributed by atoms with Gasteiger partial charge in [0.2, 0.25) is 5.91 Å². The fourth-order valence-electron chi connectivity index (χ4n) is 2.24. The van der Waals surface area contributed by atoms with E-state index < -0.39 is 5.82 Å². The number of nitrogens with one attached hydrogen (secondary N) is 1. The van der Waals surface area contributed by atoms with E-state index in [9.17, 15) is 9.18 Å².